The van der Waals surface area contributed by atoms with Crippen molar-refractivity contribution in [3.05, 3.63) is 152 Å². The highest BCUT2D eigenvalue weighted by atomic mass is 16.3. The summed E-state index contributed by atoms with van der Waals surface area (Å²) in [5.74, 6) is 1.64. The van der Waals surface area contributed by atoms with Crippen LogP contribution in [0.4, 0.5) is 0 Å². The summed E-state index contributed by atoms with van der Waals surface area (Å²) in [6.07, 6.45) is 1.78. The molecule has 0 aliphatic heterocycles. The Hall–Kier alpha value is -7.12. The third kappa shape index (κ3) is 4.18. The third-order valence-electron chi connectivity index (χ3n) is 9.74. The number of aromatic nitrogens is 5. The minimum absolute atomic E-state index is 0.524. The molecule has 0 fully saturated rings. The molecule has 7 heteroatoms. The van der Waals surface area contributed by atoms with Gasteiger partial charge < -0.3 is 8.83 Å². The van der Waals surface area contributed by atoms with E-state index in [0.29, 0.717) is 23.2 Å². The maximum atomic E-state index is 6.20. The lowest BCUT2D eigenvalue weighted by Crippen LogP contribution is -2.06. The van der Waals surface area contributed by atoms with Gasteiger partial charge in [0.05, 0.1) is 16.4 Å². The molecule has 0 amide bonds. The Kier molecular flexibility index (Phi) is 5.83. The maximum Gasteiger partial charge on any atom is 0.238 e. The van der Waals surface area contributed by atoms with Gasteiger partial charge in [-0.2, -0.15) is 9.97 Å². The monoisotopic (exact) mass is 655 g/mol. The molecule has 5 heterocycles. The van der Waals surface area contributed by atoms with Crippen LogP contribution in [0.15, 0.2) is 161 Å². The lowest BCUT2D eigenvalue weighted by molar-refractivity contribution is 0.668. The summed E-state index contributed by atoms with van der Waals surface area (Å²) in [6.45, 7) is 0. The summed E-state index contributed by atoms with van der Waals surface area (Å²) in [7, 11) is 0. The second-order valence-electron chi connectivity index (χ2n) is 12.6. The molecule has 0 N–H and O–H groups in total. The normalized spacial score (nSPS) is 11.9. The first kappa shape index (κ1) is 27.8. The van der Waals surface area contributed by atoms with Gasteiger partial charge in [0.1, 0.15) is 22.3 Å². The quantitative estimate of drug-likeness (QED) is 0.188. The largest absolute Gasteiger partial charge is 0.456 e. The summed E-state index contributed by atoms with van der Waals surface area (Å²) < 4.78 is 14.5. The molecule has 7 nitrogen and oxygen atoms in total. The Bertz CT molecular complexity index is 3160. The van der Waals surface area contributed by atoms with Crippen molar-refractivity contribution in [1.29, 1.82) is 0 Å². The molecule has 0 spiro atoms. The lowest BCUT2D eigenvalue weighted by Gasteiger charge is -2.11. The molecular weight excluding hydrogens is 631 g/mol. The Morgan fingerprint density at radius 2 is 1.14 bits per heavy atom. The summed E-state index contributed by atoms with van der Waals surface area (Å²) in [5, 5.41) is 5.29. The molecule has 0 aliphatic rings. The molecule has 11 rings (SSSR count). The van der Waals surface area contributed by atoms with E-state index in [4.69, 9.17) is 23.8 Å². The van der Waals surface area contributed by atoms with Gasteiger partial charge in [-0.05, 0) is 59.7 Å². The summed E-state index contributed by atoms with van der Waals surface area (Å²) in [5.41, 5.74) is 9.92. The van der Waals surface area contributed by atoms with Crippen LogP contribution in [0, 0.1) is 0 Å². The first-order chi connectivity index (χ1) is 25.3. The molecular formula is C44H25N5O2. The van der Waals surface area contributed by atoms with Crippen LogP contribution < -0.4 is 0 Å². The fourth-order valence-electron chi connectivity index (χ4n) is 7.50. The number of nitrogens with zero attached hydrogens (tertiary/aromatic N) is 5. The fourth-order valence-corrected chi connectivity index (χ4v) is 7.50. The molecule has 0 radical (unpaired) electrons. The Labute approximate surface area is 290 Å². The zero-order valence-electron chi connectivity index (χ0n) is 27.0. The highest BCUT2D eigenvalue weighted by Crippen LogP contribution is 2.41. The van der Waals surface area contributed by atoms with Crippen molar-refractivity contribution < 1.29 is 8.83 Å². The fraction of sp³-hybridized carbons (Fsp3) is 0. The van der Waals surface area contributed by atoms with E-state index in [1.807, 2.05) is 72.8 Å². The van der Waals surface area contributed by atoms with Crippen LogP contribution in [0.5, 0.6) is 0 Å². The number of fused-ring (bicyclic) bond motifs is 9. The molecule has 51 heavy (non-hydrogen) atoms. The molecule has 238 valence electrons. The number of hydrogen-bond acceptors (Lipinski definition) is 6. The van der Waals surface area contributed by atoms with E-state index in [2.05, 4.69) is 82.3 Å². The average Bonchev–Trinajstić information content (AvgIpc) is 3.87. The highest BCUT2D eigenvalue weighted by molar-refractivity contribution is 6.17. The Morgan fingerprint density at radius 3 is 2.08 bits per heavy atom. The molecule has 0 saturated carbocycles. The Balaban J connectivity index is 1.20. The molecule has 0 atom stereocenters. The van der Waals surface area contributed by atoms with Crippen molar-refractivity contribution in [2.75, 3.05) is 0 Å². The van der Waals surface area contributed by atoms with Crippen molar-refractivity contribution in [1.82, 2.24) is 24.5 Å². The predicted octanol–water partition coefficient (Wildman–Crippen LogP) is 11.2. The zero-order chi connectivity index (χ0) is 33.5. The van der Waals surface area contributed by atoms with E-state index in [9.17, 15) is 0 Å². The van der Waals surface area contributed by atoms with Crippen molar-refractivity contribution in [2.24, 2.45) is 0 Å². The van der Waals surface area contributed by atoms with E-state index in [0.717, 1.165) is 82.5 Å². The van der Waals surface area contributed by atoms with Gasteiger partial charge in [0, 0.05) is 38.9 Å². The van der Waals surface area contributed by atoms with Crippen LogP contribution in [-0.2, 0) is 0 Å². The molecule has 6 aromatic carbocycles. The first-order valence-corrected chi connectivity index (χ1v) is 16.8. The second-order valence-corrected chi connectivity index (χ2v) is 12.6. The second kappa shape index (κ2) is 10.7. The van der Waals surface area contributed by atoms with Gasteiger partial charge in [-0.15, -0.1) is 0 Å². The number of pyridine rings is 1. The number of benzene rings is 6. The highest BCUT2D eigenvalue weighted by Gasteiger charge is 2.22. The van der Waals surface area contributed by atoms with E-state index in [1.165, 1.54) is 0 Å². The SMILES string of the molecule is c1ccc(-c2nc(-c3cccc4oc5cccnc5c34)nc(-n3c4ccccc4c4c(-c5ccc6oc7ccccc7c6c5)cccc43)n2)cc1. The topological polar surface area (TPSA) is 82.8 Å². The van der Waals surface area contributed by atoms with Crippen molar-refractivity contribution >= 4 is 65.8 Å². The van der Waals surface area contributed by atoms with Gasteiger partial charge in [-0.1, -0.05) is 97.1 Å². The third-order valence-corrected chi connectivity index (χ3v) is 9.74. The first-order valence-electron chi connectivity index (χ1n) is 16.8. The summed E-state index contributed by atoms with van der Waals surface area (Å²) in [4.78, 5) is 20.2. The van der Waals surface area contributed by atoms with E-state index in [1.54, 1.807) is 6.20 Å². The smallest absolute Gasteiger partial charge is 0.238 e. The standard InChI is InChI=1S/C44H25N5O2/c1-2-11-26(12-3-1)42-46-43(31-16-9-20-37-40(31)41-38(51-37)21-10-24-45-41)48-44(47-42)49-33-17-6-4-14-30(33)39-28(15-8-18-34(39)49)27-22-23-36-32(25-27)29-13-5-7-19-35(29)50-36/h1-25H. The molecule has 5 aromatic heterocycles. The zero-order valence-corrected chi connectivity index (χ0v) is 27.0. The van der Waals surface area contributed by atoms with Gasteiger partial charge in [0.25, 0.3) is 0 Å². The van der Waals surface area contributed by atoms with E-state index >= 15 is 0 Å². The van der Waals surface area contributed by atoms with Gasteiger partial charge >= 0.3 is 0 Å². The summed E-state index contributed by atoms with van der Waals surface area (Å²) in [6, 6.07) is 49.3. The predicted molar refractivity (Wildman–Crippen MR) is 203 cm³/mol. The number of furan rings is 2. The van der Waals surface area contributed by atoms with Crippen molar-refractivity contribution in [3.63, 3.8) is 0 Å². The lowest BCUT2D eigenvalue weighted by atomic mass is 9.98. The van der Waals surface area contributed by atoms with Crippen molar-refractivity contribution in [2.45, 2.75) is 0 Å². The van der Waals surface area contributed by atoms with Crippen LogP contribution in [0.3, 0.4) is 0 Å². The van der Waals surface area contributed by atoms with Crippen LogP contribution in [0.25, 0.3) is 106 Å². The molecule has 0 unspecified atom stereocenters. The van der Waals surface area contributed by atoms with Crippen molar-refractivity contribution in [3.8, 4) is 39.9 Å². The average molecular weight is 656 g/mol. The number of hydrogen-bond donors (Lipinski definition) is 0. The molecule has 0 bridgehead atoms. The Morgan fingerprint density at radius 1 is 0.431 bits per heavy atom. The summed E-state index contributed by atoms with van der Waals surface area (Å²) >= 11 is 0. The number of rotatable bonds is 4. The van der Waals surface area contributed by atoms with Crippen LogP contribution in [0.2, 0.25) is 0 Å². The van der Waals surface area contributed by atoms with Gasteiger partial charge in [-0.25, -0.2) is 4.98 Å². The maximum absolute atomic E-state index is 6.20. The minimum Gasteiger partial charge on any atom is -0.456 e. The minimum atomic E-state index is 0.524. The van der Waals surface area contributed by atoms with Gasteiger partial charge in [-0.3, -0.25) is 9.55 Å². The molecule has 0 saturated heterocycles. The van der Waals surface area contributed by atoms with Gasteiger partial charge in [0.2, 0.25) is 5.95 Å². The van der Waals surface area contributed by atoms with Gasteiger partial charge in [0.15, 0.2) is 17.2 Å². The van der Waals surface area contributed by atoms with Crippen LogP contribution >= 0.6 is 0 Å². The van der Waals surface area contributed by atoms with E-state index < -0.39 is 0 Å². The molecule has 11 aromatic rings. The van der Waals surface area contributed by atoms with Crippen LogP contribution in [0.1, 0.15) is 0 Å². The number of para-hydroxylation sites is 2. The van der Waals surface area contributed by atoms with E-state index in [-0.39, 0.29) is 0 Å². The van der Waals surface area contributed by atoms with Crippen LogP contribution in [-0.4, -0.2) is 24.5 Å². The molecule has 0 aliphatic carbocycles.